The minimum atomic E-state index is -0.675. The third-order valence-electron chi connectivity index (χ3n) is 2.11. The van der Waals surface area contributed by atoms with E-state index in [9.17, 15) is 4.79 Å². The molecule has 2 atom stereocenters. The molecule has 64 valence electrons. The van der Waals surface area contributed by atoms with E-state index in [1.165, 1.54) is 0 Å². The van der Waals surface area contributed by atoms with Crippen LogP contribution in [0, 0.1) is 12.8 Å². The van der Waals surface area contributed by atoms with Crippen molar-refractivity contribution in [3.8, 4) is 0 Å². The van der Waals surface area contributed by atoms with E-state index in [1.54, 1.807) is 17.5 Å². The monoisotopic (exact) mass is 183 g/mol. The lowest BCUT2D eigenvalue weighted by Gasteiger charge is -1.88. The first-order chi connectivity index (χ1) is 5.68. The van der Waals surface area contributed by atoms with Crippen molar-refractivity contribution < 1.29 is 9.90 Å². The highest BCUT2D eigenvalue weighted by atomic mass is 32.1. The van der Waals surface area contributed by atoms with Crippen molar-refractivity contribution in [3.63, 3.8) is 0 Å². The van der Waals surface area contributed by atoms with Crippen molar-refractivity contribution in [2.45, 2.75) is 19.3 Å². The Hall–Kier alpha value is -0.900. The van der Waals surface area contributed by atoms with Crippen molar-refractivity contribution in [1.82, 2.24) is 4.98 Å². The number of aryl methyl sites for hydroxylation is 1. The van der Waals surface area contributed by atoms with E-state index in [1.807, 2.05) is 6.92 Å². The molecule has 0 bridgehead atoms. The highest BCUT2D eigenvalue weighted by Gasteiger charge is 2.45. The lowest BCUT2D eigenvalue weighted by atomic mass is 10.3. The van der Waals surface area contributed by atoms with E-state index in [-0.39, 0.29) is 11.8 Å². The molecule has 1 aromatic heterocycles. The number of hydrogen-bond acceptors (Lipinski definition) is 3. The van der Waals surface area contributed by atoms with Gasteiger partial charge in [-0.3, -0.25) is 4.79 Å². The average Bonchev–Trinajstić information content (AvgIpc) is 2.70. The average molecular weight is 183 g/mol. The van der Waals surface area contributed by atoms with Gasteiger partial charge in [0, 0.05) is 17.0 Å². The number of rotatable bonds is 2. The third-order valence-corrected chi connectivity index (χ3v) is 3.16. The van der Waals surface area contributed by atoms with Crippen LogP contribution in [0.25, 0.3) is 0 Å². The first-order valence-electron chi connectivity index (χ1n) is 3.83. The van der Waals surface area contributed by atoms with Crippen LogP contribution in [0.4, 0.5) is 0 Å². The first-order valence-corrected chi connectivity index (χ1v) is 4.65. The molecule has 0 spiro atoms. The molecule has 3 nitrogen and oxygen atoms in total. The second kappa shape index (κ2) is 2.55. The predicted molar refractivity (Wildman–Crippen MR) is 45.3 cm³/mol. The van der Waals surface area contributed by atoms with Gasteiger partial charge < -0.3 is 5.11 Å². The fourth-order valence-corrected chi connectivity index (χ4v) is 2.30. The second-order valence-electron chi connectivity index (χ2n) is 3.07. The van der Waals surface area contributed by atoms with Gasteiger partial charge in [0.2, 0.25) is 0 Å². The molecule has 1 N–H and O–H groups in total. The van der Waals surface area contributed by atoms with Crippen LogP contribution in [0.15, 0.2) is 6.20 Å². The van der Waals surface area contributed by atoms with E-state index in [0.29, 0.717) is 0 Å². The summed E-state index contributed by atoms with van der Waals surface area (Å²) in [4.78, 5) is 15.8. The number of carboxylic acid groups (broad SMARTS) is 1. The summed E-state index contributed by atoms with van der Waals surface area (Å²) in [6.45, 7) is 1.94. The Morgan fingerprint density at radius 3 is 3.00 bits per heavy atom. The summed E-state index contributed by atoms with van der Waals surface area (Å²) < 4.78 is 0. The third kappa shape index (κ3) is 1.22. The first kappa shape index (κ1) is 7.73. The second-order valence-corrected chi connectivity index (χ2v) is 4.33. The maximum atomic E-state index is 10.5. The topological polar surface area (TPSA) is 50.2 Å². The SMILES string of the molecule is Cc1ncc([C@@H]2C[C@H]2C(=O)O)s1. The number of hydrogen-bond donors (Lipinski definition) is 1. The molecule has 0 aromatic carbocycles. The van der Waals surface area contributed by atoms with Gasteiger partial charge in [-0.1, -0.05) is 0 Å². The molecular weight excluding hydrogens is 174 g/mol. The van der Waals surface area contributed by atoms with E-state index in [0.717, 1.165) is 16.3 Å². The number of carbonyl (C=O) groups is 1. The van der Waals surface area contributed by atoms with Gasteiger partial charge in [-0.2, -0.15) is 0 Å². The Morgan fingerprint density at radius 1 is 1.83 bits per heavy atom. The molecule has 1 aliphatic carbocycles. The number of carboxylic acids is 1. The Bertz CT molecular complexity index is 321. The molecule has 2 rings (SSSR count). The molecule has 12 heavy (non-hydrogen) atoms. The maximum Gasteiger partial charge on any atom is 0.307 e. The molecule has 1 fully saturated rings. The van der Waals surface area contributed by atoms with Crippen LogP contribution in [-0.4, -0.2) is 16.1 Å². The quantitative estimate of drug-likeness (QED) is 0.758. The minimum Gasteiger partial charge on any atom is -0.481 e. The van der Waals surface area contributed by atoms with Crippen molar-refractivity contribution in [3.05, 3.63) is 16.1 Å². The normalized spacial score (nSPS) is 27.1. The highest BCUT2D eigenvalue weighted by molar-refractivity contribution is 7.11. The molecule has 1 heterocycles. The smallest absolute Gasteiger partial charge is 0.307 e. The van der Waals surface area contributed by atoms with Crippen LogP contribution in [0.5, 0.6) is 0 Å². The van der Waals surface area contributed by atoms with Crippen molar-refractivity contribution in [2.75, 3.05) is 0 Å². The number of thiazole rings is 1. The fraction of sp³-hybridized carbons (Fsp3) is 0.500. The maximum absolute atomic E-state index is 10.5. The summed E-state index contributed by atoms with van der Waals surface area (Å²) in [6, 6.07) is 0. The van der Waals surface area contributed by atoms with Crippen LogP contribution in [0.2, 0.25) is 0 Å². The molecule has 0 unspecified atom stereocenters. The van der Waals surface area contributed by atoms with Crippen LogP contribution in [0.3, 0.4) is 0 Å². The lowest BCUT2D eigenvalue weighted by Crippen LogP contribution is -1.97. The Labute approximate surface area is 74.1 Å². The molecule has 1 saturated carbocycles. The summed E-state index contributed by atoms with van der Waals surface area (Å²) in [6.07, 6.45) is 2.59. The van der Waals surface area contributed by atoms with Gasteiger partial charge in [-0.05, 0) is 13.3 Å². The molecular formula is C8H9NO2S. The summed E-state index contributed by atoms with van der Waals surface area (Å²) in [5.41, 5.74) is 0. The van der Waals surface area contributed by atoms with Gasteiger partial charge in [0.15, 0.2) is 0 Å². The number of aliphatic carboxylic acids is 1. The number of aromatic nitrogens is 1. The molecule has 0 aliphatic heterocycles. The zero-order chi connectivity index (χ0) is 8.72. The Kier molecular flexibility index (Phi) is 1.65. The summed E-state index contributed by atoms with van der Waals surface area (Å²) in [7, 11) is 0. The standard InChI is InChI=1S/C8H9NO2S/c1-4-9-3-7(12-4)5-2-6(5)8(10)11/h3,5-6H,2H2,1H3,(H,10,11)/t5-,6-/m1/s1. The summed E-state index contributed by atoms with van der Waals surface area (Å²) in [5, 5.41) is 9.69. The molecule has 0 radical (unpaired) electrons. The van der Waals surface area contributed by atoms with Crippen LogP contribution < -0.4 is 0 Å². The molecule has 1 aliphatic rings. The summed E-state index contributed by atoms with van der Waals surface area (Å²) in [5.74, 6) is -0.579. The highest BCUT2D eigenvalue weighted by Crippen LogP contribution is 2.49. The zero-order valence-corrected chi connectivity index (χ0v) is 7.47. The van der Waals surface area contributed by atoms with Gasteiger partial charge in [-0.15, -0.1) is 11.3 Å². The molecule has 0 amide bonds. The fourth-order valence-electron chi connectivity index (χ4n) is 1.33. The molecule has 0 saturated heterocycles. The van der Waals surface area contributed by atoms with E-state index >= 15 is 0 Å². The molecule has 1 aromatic rings. The van der Waals surface area contributed by atoms with Crippen molar-refractivity contribution >= 4 is 17.3 Å². The Balaban J connectivity index is 2.10. The van der Waals surface area contributed by atoms with Gasteiger partial charge in [0.25, 0.3) is 0 Å². The van der Waals surface area contributed by atoms with Crippen LogP contribution >= 0.6 is 11.3 Å². The Morgan fingerprint density at radius 2 is 2.58 bits per heavy atom. The number of nitrogens with zero attached hydrogens (tertiary/aromatic N) is 1. The van der Waals surface area contributed by atoms with Gasteiger partial charge in [0.05, 0.1) is 10.9 Å². The lowest BCUT2D eigenvalue weighted by molar-refractivity contribution is -0.138. The van der Waals surface area contributed by atoms with E-state index < -0.39 is 5.97 Å². The van der Waals surface area contributed by atoms with Crippen molar-refractivity contribution in [2.24, 2.45) is 5.92 Å². The predicted octanol–water partition coefficient (Wildman–Crippen LogP) is 1.64. The van der Waals surface area contributed by atoms with Gasteiger partial charge in [0.1, 0.15) is 0 Å². The van der Waals surface area contributed by atoms with E-state index in [2.05, 4.69) is 4.98 Å². The van der Waals surface area contributed by atoms with Crippen LogP contribution in [-0.2, 0) is 4.79 Å². The summed E-state index contributed by atoms with van der Waals surface area (Å²) >= 11 is 1.61. The van der Waals surface area contributed by atoms with Gasteiger partial charge >= 0.3 is 5.97 Å². The minimum absolute atomic E-state index is 0.148. The largest absolute Gasteiger partial charge is 0.481 e. The van der Waals surface area contributed by atoms with Crippen LogP contribution in [0.1, 0.15) is 22.2 Å². The molecule has 4 heteroatoms. The van der Waals surface area contributed by atoms with Crippen molar-refractivity contribution in [1.29, 1.82) is 0 Å². The van der Waals surface area contributed by atoms with Gasteiger partial charge in [-0.25, -0.2) is 4.98 Å². The zero-order valence-electron chi connectivity index (χ0n) is 6.65. The van der Waals surface area contributed by atoms with E-state index in [4.69, 9.17) is 5.11 Å².